The van der Waals surface area contributed by atoms with Crippen molar-refractivity contribution < 1.29 is 4.79 Å². The number of allylic oxidation sites excluding steroid dienone is 2. The molecule has 0 aromatic heterocycles. The molecule has 2 atom stereocenters. The first-order chi connectivity index (χ1) is 9.86. The van der Waals surface area contributed by atoms with Crippen molar-refractivity contribution >= 4 is 5.78 Å². The standard InChI is InChI=1S/C19H14O/c20-16-10-9-15-17-11-5-1-3-7-13(11)18(19(15)16)14-8-4-2-6-12(14)17/h1-10,15,17-19H/t15-,17?,18?,19-/m1/s1. The number of ketones is 1. The molecule has 0 saturated carbocycles. The molecule has 0 N–H and O–H groups in total. The van der Waals surface area contributed by atoms with Crippen LogP contribution < -0.4 is 0 Å². The van der Waals surface area contributed by atoms with Crippen LogP contribution in [0.5, 0.6) is 0 Å². The number of carbonyl (C=O) groups excluding carboxylic acids is 1. The lowest BCUT2D eigenvalue weighted by atomic mass is 9.55. The predicted octanol–water partition coefficient (Wildman–Crippen LogP) is 3.65. The first kappa shape index (κ1) is 10.6. The SMILES string of the molecule is O=C1C=C[C@@H]2C3c4ccccc4C(c4ccccc43)[C@@H]12. The third kappa shape index (κ3) is 1.08. The maximum Gasteiger partial charge on any atom is 0.160 e. The Morgan fingerprint density at radius 2 is 1.20 bits per heavy atom. The van der Waals surface area contributed by atoms with E-state index in [1.807, 2.05) is 6.08 Å². The number of benzene rings is 2. The van der Waals surface area contributed by atoms with Crippen molar-refractivity contribution in [1.29, 1.82) is 0 Å². The number of carbonyl (C=O) groups is 1. The van der Waals surface area contributed by atoms with Gasteiger partial charge >= 0.3 is 0 Å². The third-order valence-electron chi connectivity index (χ3n) is 5.30. The van der Waals surface area contributed by atoms with E-state index in [0.29, 0.717) is 17.6 Å². The Kier molecular flexibility index (Phi) is 1.85. The van der Waals surface area contributed by atoms with Gasteiger partial charge in [-0.05, 0) is 34.2 Å². The molecule has 6 rings (SSSR count). The van der Waals surface area contributed by atoms with Gasteiger partial charge in [0.25, 0.3) is 0 Å². The van der Waals surface area contributed by atoms with Gasteiger partial charge in [-0.2, -0.15) is 0 Å². The average molecular weight is 258 g/mol. The highest BCUT2D eigenvalue weighted by Crippen LogP contribution is 2.60. The van der Waals surface area contributed by atoms with Crippen molar-refractivity contribution in [3.63, 3.8) is 0 Å². The predicted molar refractivity (Wildman–Crippen MR) is 77.7 cm³/mol. The van der Waals surface area contributed by atoms with Crippen molar-refractivity contribution in [1.82, 2.24) is 0 Å². The summed E-state index contributed by atoms with van der Waals surface area (Å²) in [5.74, 6) is 1.41. The molecule has 0 heterocycles. The van der Waals surface area contributed by atoms with Crippen molar-refractivity contribution in [3.05, 3.63) is 82.9 Å². The monoisotopic (exact) mass is 258 g/mol. The Balaban J connectivity index is 1.88. The van der Waals surface area contributed by atoms with Gasteiger partial charge in [-0.3, -0.25) is 4.79 Å². The highest BCUT2D eigenvalue weighted by molar-refractivity contribution is 5.97. The summed E-state index contributed by atoms with van der Waals surface area (Å²) in [4.78, 5) is 12.3. The van der Waals surface area contributed by atoms with Gasteiger partial charge in [-0.25, -0.2) is 0 Å². The zero-order valence-electron chi connectivity index (χ0n) is 11.0. The Morgan fingerprint density at radius 3 is 1.75 bits per heavy atom. The molecule has 1 nitrogen and oxygen atoms in total. The van der Waals surface area contributed by atoms with Gasteiger partial charge in [0, 0.05) is 17.8 Å². The Morgan fingerprint density at radius 1 is 0.700 bits per heavy atom. The Hall–Kier alpha value is -2.15. The van der Waals surface area contributed by atoms with Crippen LogP contribution in [0.15, 0.2) is 60.7 Å². The summed E-state index contributed by atoms with van der Waals surface area (Å²) in [5, 5.41) is 0. The van der Waals surface area contributed by atoms with Gasteiger partial charge in [0.2, 0.25) is 0 Å². The molecule has 0 radical (unpaired) electrons. The molecule has 2 aromatic carbocycles. The first-order valence-corrected chi connectivity index (χ1v) is 7.26. The molecular weight excluding hydrogens is 244 g/mol. The summed E-state index contributed by atoms with van der Waals surface area (Å²) in [6.45, 7) is 0. The molecule has 96 valence electrons. The summed E-state index contributed by atoms with van der Waals surface area (Å²) in [6.07, 6.45) is 3.96. The van der Waals surface area contributed by atoms with Crippen LogP contribution in [0, 0.1) is 11.8 Å². The van der Waals surface area contributed by atoms with Crippen LogP contribution >= 0.6 is 0 Å². The van der Waals surface area contributed by atoms with Crippen LogP contribution in [0.1, 0.15) is 34.1 Å². The molecule has 2 aromatic rings. The van der Waals surface area contributed by atoms with E-state index >= 15 is 0 Å². The topological polar surface area (TPSA) is 17.1 Å². The van der Waals surface area contributed by atoms with Crippen LogP contribution in [0.25, 0.3) is 0 Å². The molecule has 0 fully saturated rings. The summed E-state index contributed by atoms with van der Waals surface area (Å²) in [5.41, 5.74) is 5.60. The molecule has 4 aliphatic carbocycles. The molecule has 2 bridgehead atoms. The van der Waals surface area contributed by atoms with E-state index in [-0.39, 0.29) is 11.8 Å². The maximum absolute atomic E-state index is 12.3. The van der Waals surface area contributed by atoms with Gasteiger partial charge in [-0.15, -0.1) is 0 Å². The second-order valence-corrected chi connectivity index (χ2v) is 6.08. The fourth-order valence-corrected chi connectivity index (χ4v) is 4.62. The van der Waals surface area contributed by atoms with Gasteiger partial charge in [0.05, 0.1) is 0 Å². The van der Waals surface area contributed by atoms with Crippen molar-refractivity contribution in [2.24, 2.45) is 11.8 Å². The third-order valence-corrected chi connectivity index (χ3v) is 5.30. The first-order valence-electron chi connectivity index (χ1n) is 7.26. The number of rotatable bonds is 0. The second kappa shape index (κ2) is 3.49. The molecule has 0 amide bonds. The Labute approximate surface area is 117 Å². The van der Waals surface area contributed by atoms with E-state index in [4.69, 9.17) is 0 Å². The molecular formula is C19H14O. The molecule has 0 aliphatic heterocycles. The number of hydrogen-bond acceptors (Lipinski definition) is 1. The van der Waals surface area contributed by atoms with Gasteiger partial charge in [0.15, 0.2) is 5.78 Å². The van der Waals surface area contributed by atoms with E-state index in [2.05, 4.69) is 54.6 Å². The lowest BCUT2D eigenvalue weighted by Gasteiger charge is -2.47. The van der Waals surface area contributed by atoms with E-state index in [0.717, 1.165) is 0 Å². The minimum atomic E-state index is 0.129. The van der Waals surface area contributed by atoms with Gasteiger partial charge in [-0.1, -0.05) is 54.6 Å². The van der Waals surface area contributed by atoms with E-state index in [1.54, 1.807) is 0 Å². The Bertz CT molecular complexity index is 723. The summed E-state index contributed by atoms with van der Waals surface area (Å²) < 4.78 is 0. The van der Waals surface area contributed by atoms with E-state index < -0.39 is 0 Å². The fourth-order valence-electron chi connectivity index (χ4n) is 4.62. The van der Waals surface area contributed by atoms with Crippen LogP contribution in [-0.4, -0.2) is 5.78 Å². The highest BCUT2D eigenvalue weighted by atomic mass is 16.1. The van der Waals surface area contributed by atoms with Crippen molar-refractivity contribution in [2.45, 2.75) is 11.8 Å². The molecule has 4 aliphatic rings. The lowest BCUT2D eigenvalue weighted by Crippen LogP contribution is -2.39. The molecule has 0 saturated heterocycles. The average Bonchev–Trinajstić information content (AvgIpc) is 2.90. The summed E-state index contributed by atoms with van der Waals surface area (Å²) in [6, 6.07) is 17.4. The normalized spacial score (nSPS) is 31.9. The van der Waals surface area contributed by atoms with Crippen LogP contribution in [-0.2, 0) is 4.79 Å². The lowest BCUT2D eigenvalue weighted by molar-refractivity contribution is -0.119. The van der Waals surface area contributed by atoms with E-state index in [1.165, 1.54) is 22.3 Å². The minimum absolute atomic E-state index is 0.129. The van der Waals surface area contributed by atoms with Crippen molar-refractivity contribution in [3.8, 4) is 0 Å². The van der Waals surface area contributed by atoms with E-state index in [9.17, 15) is 4.79 Å². The molecule has 1 heteroatoms. The van der Waals surface area contributed by atoms with Gasteiger partial charge in [0.1, 0.15) is 0 Å². The molecule has 0 unspecified atom stereocenters. The summed E-state index contributed by atoms with van der Waals surface area (Å²) in [7, 11) is 0. The highest BCUT2D eigenvalue weighted by Gasteiger charge is 2.52. The fraction of sp³-hybridized carbons (Fsp3) is 0.211. The molecule has 0 spiro atoms. The maximum atomic E-state index is 12.3. The van der Waals surface area contributed by atoms with Gasteiger partial charge < -0.3 is 0 Å². The number of hydrogen-bond donors (Lipinski definition) is 0. The minimum Gasteiger partial charge on any atom is -0.294 e. The largest absolute Gasteiger partial charge is 0.294 e. The smallest absolute Gasteiger partial charge is 0.160 e. The summed E-state index contributed by atoms with van der Waals surface area (Å²) >= 11 is 0. The quantitative estimate of drug-likeness (QED) is 0.705. The van der Waals surface area contributed by atoms with Crippen LogP contribution in [0.2, 0.25) is 0 Å². The molecule has 20 heavy (non-hydrogen) atoms. The zero-order chi connectivity index (χ0) is 13.3. The van der Waals surface area contributed by atoms with Crippen LogP contribution in [0.4, 0.5) is 0 Å². The zero-order valence-corrected chi connectivity index (χ0v) is 11.0. The second-order valence-electron chi connectivity index (χ2n) is 6.08. The van der Waals surface area contributed by atoms with Crippen LogP contribution in [0.3, 0.4) is 0 Å². The van der Waals surface area contributed by atoms with Crippen molar-refractivity contribution in [2.75, 3.05) is 0 Å².